The summed E-state index contributed by atoms with van der Waals surface area (Å²) in [5, 5.41) is 6.14. The normalized spacial score (nSPS) is 21.0. The highest BCUT2D eigenvalue weighted by Gasteiger charge is 2.24. The number of hydrogen-bond acceptors (Lipinski definition) is 8. The number of nitrogens with zero attached hydrogens (tertiary/aromatic N) is 4. The molecule has 0 amide bonds. The van der Waals surface area contributed by atoms with Crippen LogP contribution in [0.4, 0.5) is 11.6 Å². The summed E-state index contributed by atoms with van der Waals surface area (Å²) in [6, 6.07) is 1.79. The van der Waals surface area contributed by atoms with Crippen molar-refractivity contribution in [1.29, 1.82) is 0 Å². The summed E-state index contributed by atoms with van der Waals surface area (Å²) < 4.78 is 5.45. The van der Waals surface area contributed by atoms with Gasteiger partial charge in [0.1, 0.15) is 11.6 Å². The van der Waals surface area contributed by atoms with Crippen LogP contribution in [0.1, 0.15) is 31.4 Å². The molecule has 0 bridgehead atoms. The second kappa shape index (κ2) is 7.67. The van der Waals surface area contributed by atoms with Crippen molar-refractivity contribution in [3.8, 4) is 10.8 Å². The number of ether oxygens (including phenoxy) is 1. The zero-order valence-electron chi connectivity index (χ0n) is 14.9. The van der Waals surface area contributed by atoms with Gasteiger partial charge >= 0.3 is 0 Å². The highest BCUT2D eigenvalue weighted by molar-refractivity contribution is 7.13. The summed E-state index contributed by atoms with van der Waals surface area (Å²) in [5.74, 6) is 2.44. The number of nitrogens with one attached hydrogen (secondary N) is 1. The van der Waals surface area contributed by atoms with Gasteiger partial charge in [-0.15, -0.1) is 11.3 Å². The maximum atomic E-state index is 12.2. The molecular formula is C18H23N5O2S. The fraction of sp³-hybridized carbons (Fsp3) is 0.556. The SMILES string of the molecule is Cc1csc(-c2nc(NC3CCCCC3=O)cc(N3CCOCC3)n2)n1. The Balaban J connectivity index is 1.66. The van der Waals surface area contributed by atoms with Crippen LogP contribution in [0.3, 0.4) is 0 Å². The van der Waals surface area contributed by atoms with Crippen molar-refractivity contribution in [3.63, 3.8) is 0 Å². The molecule has 2 aromatic heterocycles. The largest absolute Gasteiger partial charge is 0.378 e. The topological polar surface area (TPSA) is 80.2 Å². The molecule has 1 aliphatic carbocycles. The van der Waals surface area contributed by atoms with Crippen LogP contribution in [0.25, 0.3) is 10.8 Å². The second-order valence-corrected chi connectivity index (χ2v) is 7.60. The number of aromatic nitrogens is 3. The fourth-order valence-electron chi connectivity index (χ4n) is 3.33. The summed E-state index contributed by atoms with van der Waals surface area (Å²) in [4.78, 5) is 28.3. The van der Waals surface area contributed by atoms with Gasteiger partial charge in [-0.2, -0.15) is 0 Å². The van der Waals surface area contributed by atoms with Gasteiger partial charge in [-0.1, -0.05) is 6.42 Å². The molecule has 4 rings (SSSR count). The van der Waals surface area contributed by atoms with Crippen LogP contribution >= 0.6 is 11.3 Å². The Hall–Kier alpha value is -2.06. The summed E-state index contributed by atoms with van der Waals surface area (Å²) in [6.45, 7) is 4.95. The van der Waals surface area contributed by atoms with Crippen molar-refractivity contribution < 1.29 is 9.53 Å². The monoisotopic (exact) mass is 373 g/mol. The Morgan fingerprint density at radius 3 is 2.81 bits per heavy atom. The number of hydrogen-bond donors (Lipinski definition) is 1. The second-order valence-electron chi connectivity index (χ2n) is 6.74. The zero-order chi connectivity index (χ0) is 17.9. The highest BCUT2D eigenvalue weighted by atomic mass is 32.1. The molecule has 2 aromatic rings. The van der Waals surface area contributed by atoms with E-state index in [-0.39, 0.29) is 11.8 Å². The van der Waals surface area contributed by atoms with Crippen LogP contribution in [0, 0.1) is 6.92 Å². The molecular weight excluding hydrogens is 350 g/mol. The van der Waals surface area contributed by atoms with E-state index in [9.17, 15) is 4.79 Å². The predicted octanol–water partition coefficient (Wildman–Crippen LogP) is 2.67. The molecule has 1 saturated carbocycles. The average Bonchev–Trinajstić information content (AvgIpc) is 3.11. The number of carbonyl (C=O) groups is 1. The van der Waals surface area contributed by atoms with Gasteiger partial charge in [0, 0.05) is 36.7 Å². The van der Waals surface area contributed by atoms with E-state index in [0.29, 0.717) is 31.3 Å². The van der Waals surface area contributed by atoms with Crippen LogP contribution in [0.15, 0.2) is 11.4 Å². The molecule has 0 aromatic carbocycles. The third-order valence-electron chi connectivity index (χ3n) is 4.73. The lowest BCUT2D eigenvalue weighted by atomic mass is 9.94. The minimum Gasteiger partial charge on any atom is -0.378 e. The van der Waals surface area contributed by atoms with Crippen LogP contribution < -0.4 is 10.2 Å². The minimum absolute atomic E-state index is 0.151. The first kappa shape index (κ1) is 17.4. The molecule has 8 heteroatoms. The Morgan fingerprint density at radius 1 is 1.23 bits per heavy atom. The highest BCUT2D eigenvalue weighted by Crippen LogP contribution is 2.27. The van der Waals surface area contributed by atoms with Gasteiger partial charge in [-0.05, 0) is 19.8 Å². The van der Waals surface area contributed by atoms with E-state index in [1.54, 1.807) is 0 Å². The van der Waals surface area contributed by atoms with Crippen LogP contribution in [-0.2, 0) is 9.53 Å². The fourth-order valence-corrected chi connectivity index (χ4v) is 4.06. The standard InChI is InChI=1S/C18H23N5O2S/c1-12-11-26-18(19-12)17-21-15(20-13-4-2-3-5-14(13)24)10-16(22-17)23-6-8-25-9-7-23/h10-11,13H,2-9H2,1H3,(H,20,21,22). The lowest BCUT2D eigenvalue weighted by Gasteiger charge is -2.29. The number of morpholine rings is 1. The van der Waals surface area contributed by atoms with E-state index in [2.05, 4.69) is 20.2 Å². The van der Waals surface area contributed by atoms with E-state index in [4.69, 9.17) is 9.72 Å². The molecule has 1 N–H and O–H groups in total. The average molecular weight is 373 g/mol. The number of anilines is 2. The van der Waals surface area contributed by atoms with Gasteiger partial charge in [0.05, 0.1) is 19.3 Å². The molecule has 3 heterocycles. The van der Waals surface area contributed by atoms with Gasteiger partial charge in [0.25, 0.3) is 0 Å². The van der Waals surface area contributed by atoms with Crippen molar-refractivity contribution >= 4 is 28.8 Å². The van der Waals surface area contributed by atoms with Gasteiger partial charge < -0.3 is 15.0 Å². The van der Waals surface area contributed by atoms with Crippen molar-refractivity contribution in [2.75, 3.05) is 36.5 Å². The quantitative estimate of drug-likeness (QED) is 0.882. The van der Waals surface area contributed by atoms with Crippen molar-refractivity contribution in [1.82, 2.24) is 15.0 Å². The molecule has 138 valence electrons. The zero-order valence-corrected chi connectivity index (χ0v) is 15.7. The number of Topliss-reactive ketones (excluding diaryl/α,β-unsaturated/α-hetero) is 1. The van der Waals surface area contributed by atoms with Crippen molar-refractivity contribution in [3.05, 3.63) is 17.1 Å². The van der Waals surface area contributed by atoms with Gasteiger partial charge in [0.15, 0.2) is 16.6 Å². The first-order chi connectivity index (χ1) is 12.7. The van der Waals surface area contributed by atoms with Gasteiger partial charge in [-0.25, -0.2) is 15.0 Å². The summed E-state index contributed by atoms with van der Waals surface area (Å²) in [5.41, 5.74) is 0.961. The number of thiazole rings is 1. The van der Waals surface area contributed by atoms with E-state index in [0.717, 1.165) is 48.9 Å². The maximum absolute atomic E-state index is 12.2. The summed E-state index contributed by atoms with van der Waals surface area (Å²) in [7, 11) is 0. The van der Waals surface area contributed by atoms with Crippen LogP contribution in [0.2, 0.25) is 0 Å². The number of aryl methyl sites for hydroxylation is 1. The van der Waals surface area contributed by atoms with Crippen molar-refractivity contribution in [2.45, 2.75) is 38.6 Å². The molecule has 7 nitrogen and oxygen atoms in total. The molecule has 1 unspecified atom stereocenters. The Morgan fingerprint density at radius 2 is 2.08 bits per heavy atom. The lowest BCUT2D eigenvalue weighted by molar-refractivity contribution is -0.121. The van der Waals surface area contributed by atoms with E-state index < -0.39 is 0 Å². The third-order valence-corrected chi connectivity index (χ3v) is 5.69. The lowest BCUT2D eigenvalue weighted by Crippen LogP contribution is -2.37. The van der Waals surface area contributed by atoms with Gasteiger partial charge in [-0.3, -0.25) is 4.79 Å². The van der Waals surface area contributed by atoms with Crippen molar-refractivity contribution in [2.24, 2.45) is 0 Å². The Bertz CT molecular complexity index is 788. The molecule has 0 spiro atoms. The molecule has 1 aliphatic heterocycles. The van der Waals surface area contributed by atoms with E-state index in [1.807, 2.05) is 18.4 Å². The van der Waals surface area contributed by atoms with Crippen LogP contribution in [0.5, 0.6) is 0 Å². The molecule has 1 atom stereocenters. The Labute approximate surface area is 156 Å². The number of rotatable bonds is 4. The minimum atomic E-state index is -0.151. The number of carbonyl (C=O) groups excluding carboxylic acids is 1. The maximum Gasteiger partial charge on any atom is 0.192 e. The smallest absolute Gasteiger partial charge is 0.192 e. The third kappa shape index (κ3) is 3.86. The van der Waals surface area contributed by atoms with Gasteiger partial charge in [0.2, 0.25) is 0 Å². The molecule has 0 radical (unpaired) electrons. The summed E-state index contributed by atoms with van der Waals surface area (Å²) in [6.07, 6.45) is 3.58. The molecule has 2 aliphatic rings. The van der Waals surface area contributed by atoms with Crippen LogP contribution in [-0.4, -0.2) is 53.1 Å². The number of ketones is 1. The molecule has 1 saturated heterocycles. The molecule has 26 heavy (non-hydrogen) atoms. The van der Waals surface area contributed by atoms with E-state index >= 15 is 0 Å². The Kier molecular flexibility index (Phi) is 5.12. The van der Waals surface area contributed by atoms with E-state index in [1.165, 1.54) is 11.3 Å². The first-order valence-corrected chi connectivity index (χ1v) is 10.0. The molecule has 2 fully saturated rings. The summed E-state index contributed by atoms with van der Waals surface area (Å²) >= 11 is 1.54. The predicted molar refractivity (Wildman–Crippen MR) is 102 cm³/mol. The first-order valence-electron chi connectivity index (χ1n) is 9.12.